The number of carbonyl (C=O) groups excluding carboxylic acids is 1. The number of carbonyl (C=O) groups is 2. The first-order valence-electron chi connectivity index (χ1n) is 14.3. The van der Waals surface area contributed by atoms with Gasteiger partial charge in [0.2, 0.25) is 0 Å². The van der Waals surface area contributed by atoms with E-state index < -0.39 is 17.4 Å². The van der Waals surface area contributed by atoms with Gasteiger partial charge in [-0.3, -0.25) is 4.79 Å². The Balaban J connectivity index is 1.49. The lowest BCUT2D eigenvalue weighted by Gasteiger charge is -2.59. The van der Waals surface area contributed by atoms with Crippen LogP contribution in [0.15, 0.2) is 46.9 Å². The van der Waals surface area contributed by atoms with E-state index in [4.69, 9.17) is 14.6 Å². The Kier molecular flexibility index (Phi) is 7.12. The van der Waals surface area contributed by atoms with Gasteiger partial charge in [-0.2, -0.15) is 5.10 Å². The molecule has 8 nitrogen and oxygen atoms in total. The van der Waals surface area contributed by atoms with Gasteiger partial charge in [0.15, 0.2) is 5.69 Å². The number of nitrogens with zero attached hydrogens (tertiary/aromatic N) is 2. The second kappa shape index (κ2) is 10.5. The Hall–Kier alpha value is -3.33. The fourth-order valence-electron chi connectivity index (χ4n) is 7.92. The lowest BCUT2D eigenvalue weighted by molar-refractivity contribution is -0.163. The summed E-state index contributed by atoms with van der Waals surface area (Å²) in [4.78, 5) is 27.0. The highest BCUT2D eigenvalue weighted by Crippen LogP contribution is 2.58. The van der Waals surface area contributed by atoms with Crippen LogP contribution in [0.1, 0.15) is 67.9 Å². The fraction of sp³-hybridized carbons (Fsp3) is 0.469. The van der Waals surface area contributed by atoms with Crippen molar-refractivity contribution >= 4 is 27.8 Å². The monoisotopic (exact) mass is 621 g/mol. The Morgan fingerprint density at radius 1 is 1.00 bits per heavy atom. The Morgan fingerprint density at radius 2 is 1.61 bits per heavy atom. The molecule has 2 aromatic carbocycles. The number of nitrogens with one attached hydrogen (secondary N) is 1. The van der Waals surface area contributed by atoms with E-state index in [0.717, 1.165) is 41.4 Å². The van der Waals surface area contributed by atoms with E-state index in [1.165, 1.54) is 6.42 Å². The number of benzene rings is 2. The molecule has 1 aromatic heterocycles. The third kappa shape index (κ3) is 4.53. The highest BCUT2D eigenvalue weighted by molar-refractivity contribution is 9.10. The molecule has 0 spiro atoms. The Labute approximate surface area is 248 Å². The van der Waals surface area contributed by atoms with Crippen molar-refractivity contribution in [2.24, 2.45) is 23.7 Å². The number of methoxy groups -OCH3 is 2. The van der Waals surface area contributed by atoms with Gasteiger partial charge in [-0.05, 0) is 104 Å². The first kappa shape index (κ1) is 27.8. The fourth-order valence-corrected chi connectivity index (χ4v) is 8.30. The zero-order valence-corrected chi connectivity index (χ0v) is 25.4. The molecule has 7 rings (SSSR count). The van der Waals surface area contributed by atoms with Crippen molar-refractivity contribution in [3.63, 3.8) is 0 Å². The summed E-state index contributed by atoms with van der Waals surface area (Å²) in [5.41, 5.74) is 2.00. The number of hydrogen-bond donors (Lipinski definition) is 2. The van der Waals surface area contributed by atoms with E-state index in [-0.39, 0.29) is 23.4 Å². The lowest BCUT2D eigenvalue weighted by Crippen LogP contribution is -2.70. The van der Waals surface area contributed by atoms with Gasteiger partial charge in [-0.15, -0.1) is 0 Å². The lowest BCUT2D eigenvalue weighted by atomic mass is 9.48. The number of aromatic nitrogens is 2. The first-order chi connectivity index (χ1) is 19.7. The average molecular weight is 623 g/mol. The molecule has 1 amide bonds. The van der Waals surface area contributed by atoms with E-state index in [9.17, 15) is 14.7 Å². The molecule has 1 heterocycles. The highest BCUT2D eigenvalue weighted by Gasteiger charge is 2.62. The van der Waals surface area contributed by atoms with Crippen molar-refractivity contribution in [1.82, 2.24) is 15.1 Å². The van der Waals surface area contributed by atoms with Crippen LogP contribution in [0.25, 0.3) is 16.9 Å². The van der Waals surface area contributed by atoms with Crippen LogP contribution >= 0.6 is 15.9 Å². The molecule has 0 unspecified atom stereocenters. The molecule has 4 saturated carbocycles. The number of hydrogen-bond acceptors (Lipinski definition) is 5. The van der Waals surface area contributed by atoms with Crippen molar-refractivity contribution < 1.29 is 24.2 Å². The van der Waals surface area contributed by atoms with E-state index >= 15 is 0 Å². The molecule has 0 radical (unpaired) electrons. The molecule has 41 heavy (non-hydrogen) atoms. The van der Waals surface area contributed by atoms with Crippen molar-refractivity contribution in [3.05, 3.63) is 58.2 Å². The van der Waals surface area contributed by atoms with Crippen LogP contribution < -0.4 is 14.8 Å². The second-order valence-electron chi connectivity index (χ2n) is 12.2. The number of carboxylic acid groups (broad SMARTS) is 1. The highest BCUT2D eigenvalue weighted by atomic mass is 79.9. The number of halogens is 1. The zero-order valence-electron chi connectivity index (χ0n) is 23.8. The van der Waals surface area contributed by atoms with Gasteiger partial charge >= 0.3 is 5.97 Å². The minimum Gasteiger partial charge on any atom is -0.496 e. The molecule has 4 bridgehead atoms. The van der Waals surface area contributed by atoms with Crippen LogP contribution in [0.2, 0.25) is 0 Å². The molecular weight excluding hydrogens is 586 g/mol. The van der Waals surface area contributed by atoms with Crippen molar-refractivity contribution in [1.29, 1.82) is 0 Å². The van der Waals surface area contributed by atoms with E-state index in [2.05, 4.69) is 41.2 Å². The van der Waals surface area contributed by atoms with E-state index in [0.29, 0.717) is 34.6 Å². The SMILES string of the molecule is COc1cccc(OC)c1-c1cc(C(=O)NC2(C(=O)O)C3CC4CC(C3)CC2C4)nn1-c1ccc(Br)cc1C(C)C. The number of amides is 1. The van der Waals surface area contributed by atoms with Gasteiger partial charge < -0.3 is 19.9 Å². The van der Waals surface area contributed by atoms with Crippen LogP contribution in [0, 0.1) is 23.7 Å². The molecule has 0 saturated heterocycles. The minimum absolute atomic E-state index is 0.0601. The van der Waals surface area contributed by atoms with Crippen molar-refractivity contribution in [2.45, 2.75) is 57.4 Å². The predicted octanol–water partition coefficient (Wildman–Crippen LogP) is 6.45. The maximum atomic E-state index is 14.0. The molecule has 2 N–H and O–H groups in total. The normalized spacial score (nSPS) is 26.3. The standard InChI is InChI=1S/C32H36BrN3O5/c1-17(2)23-15-22(33)8-9-25(23)36-26(29-27(40-3)6-5-7-28(29)41-4)16-24(35-36)30(37)34-32(31(38)39)20-11-18-10-19(13-20)14-21(32)12-18/h5-9,15-21H,10-14H2,1-4H3,(H,34,37)(H,38,39). The number of carboxylic acids is 1. The van der Waals surface area contributed by atoms with E-state index in [1.807, 2.05) is 30.3 Å². The molecular formula is C32H36BrN3O5. The summed E-state index contributed by atoms with van der Waals surface area (Å²) < 4.78 is 14.1. The molecule has 4 fully saturated rings. The predicted molar refractivity (Wildman–Crippen MR) is 159 cm³/mol. The maximum Gasteiger partial charge on any atom is 0.330 e. The molecule has 0 aliphatic heterocycles. The summed E-state index contributed by atoms with van der Waals surface area (Å²) in [5, 5.41) is 18.5. The number of aliphatic carboxylic acids is 1. The molecule has 9 heteroatoms. The van der Waals surface area contributed by atoms with Gasteiger partial charge in [0.05, 0.1) is 31.2 Å². The summed E-state index contributed by atoms with van der Waals surface area (Å²) in [6, 6.07) is 13.2. The largest absolute Gasteiger partial charge is 0.496 e. The summed E-state index contributed by atoms with van der Waals surface area (Å²) in [6.07, 6.45) is 4.61. The Morgan fingerprint density at radius 3 is 2.15 bits per heavy atom. The van der Waals surface area contributed by atoms with Crippen LogP contribution in [0.4, 0.5) is 0 Å². The van der Waals surface area contributed by atoms with Gasteiger partial charge in [-0.1, -0.05) is 35.8 Å². The number of ether oxygens (including phenoxy) is 2. The van der Waals surface area contributed by atoms with Crippen molar-refractivity contribution in [2.75, 3.05) is 14.2 Å². The quantitative estimate of drug-likeness (QED) is 0.299. The smallest absolute Gasteiger partial charge is 0.330 e. The minimum atomic E-state index is -1.27. The molecule has 4 aliphatic rings. The molecule has 0 atom stereocenters. The summed E-state index contributed by atoms with van der Waals surface area (Å²) >= 11 is 3.59. The van der Waals surface area contributed by atoms with Crippen LogP contribution in [-0.2, 0) is 4.79 Å². The maximum absolute atomic E-state index is 14.0. The van der Waals surface area contributed by atoms with Gasteiger partial charge in [0.1, 0.15) is 17.0 Å². The topological polar surface area (TPSA) is 103 Å². The van der Waals surface area contributed by atoms with Gasteiger partial charge in [0, 0.05) is 4.47 Å². The van der Waals surface area contributed by atoms with E-state index in [1.54, 1.807) is 25.0 Å². The van der Waals surface area contributed by atoms with Crippen LogP contribution in [0.5, 0.6) is 11.5 Å². The third-order valence-electron chi connectivity index (χ3n) is 9.57. The van der Waals surface area contributed by atoms with Crippen LogP contribution in [-0.4, -0.2) is 46.5 Å². The molecule has 4 aliphatic carbocycles. The second-order valence-corrected chi connectivity index (χ2v) is 13.1. The van der Waals surface area contributed by atoms with Gasteiger partial charge in [-0.25, -0.2) is 9.48 Å². The summed E-state index contributed by atoms with van der Waals surface area (Å²) in [6.45, 7) is 4.21. The summed E-state index contributed by atoms with van der Waals surface area (Å²) in [7, 11) is 3.18. The first-order valence-corrected chi connectivity index (χ1v) is 15.1. The Bertz CT molecular complexity index is 1460. The number of rotatable bonds is 8. The zero-order chi connectivity index (χ0) is 29.1. The van der Waals surface area contributed by atoms with Gasteiger partial charge in [0.25, 0.3) is 5.91 Å². The molecule has 3 aromatic rings. The summed E-state index contributed by atoms with van der Waals surface area (Å²) in [5.74, 6) is 0.921. The van der Waals surface area contributed by atoms with Crippen molar-refractivity contribution in [3.8, 4) is 28.4 Å². The third-order valence-corrected chi connectivity index (χ3v) is 10.1. The van der Waals surface area contributed by atoms with Crippen LogP contribution in [0.3, 0.4) is 0 Å². The molecule has 216 valence electrons. The average Bonchev–Trinajstić information content (AvgIpc) is 3.38.